The topological polar surface area (TPSA) is 123 Å². The number of imidazole rings is 1. The van der Waals surface area contributed by atoms with Crippen molar-refractivity contribution in [3.63, 3.8) is 0 Å². The van der Waals surface area contributed by atoms with Crippen LogP contribution in [0, 0.1) is 0 Å². The van der Waals surface area contributed by atoms with Crippen molar-refractivity contribution in [2.75, 3.05) is 27.9 Å². The number of benzene rings is 2. The standard InChI is InChI=1S/C26H26BrN3O7/c1-35-18-6-5-15(12-19(18)36-2)23(31)21-22(16-11-17(27)24(32)20(13-16)37-3)30(26(34)25(21)33)9-4-8-29-10-7-28-14-29/h5-7,10-14,22,31-32H,4,8-9H2,1-3H3/b23-21+. The first-order chi connectivity index (χ1) is 17.8. The highest BCUT2D eigenvalue weighted by molar-refractivity contribution is 9.10. The monoisotopic (exact) mass is 571 g/mol. The molecule has 1 amide bonds. The second-order valence-electron chi connectivity index (χ2n) is 8.27. The van der Waals surface area contributed by atoms with Crippen LogP contribution in [0.25, 0.3) is 5.76 Å². The first kappa shape index (κ1) is 26.1. The van der Waals surface area contributed by atoms with E-state index in [2.05, 4.69) is 20.9 Å². The van der Waals surface area contributed by atoms with Crippen LogP contribution in [0.3, 0.4) is 0 Å². The highest BCUT2D eigenvalue weighted by Crippen LogP contribution is 2.45. The molecular weight excluding hydrogens is 546 g/mol. The molecule has 4 rings (SSSR count). The number of carbonyl (C=O) groups excluding carboxylic acids is 2. The molecule has 37 heavy (non-hydrogen) atoms. The fourth-order valence-corrected chi connectivity index (χ4v) is 4.81. The Bertz CT molecular complexity index is 1350. The lowest BCUT2D eigenvalue weighted by atomic mass is 9.94. The Morgan fingerprint density at radius 3 is 2.41 bits per heavy atom. The number of aliphatic hydroxyl groups excluding tert-OH is 1. The summed E-state index contributed by atoms with van der Waals surface area (Å²) >= 11 is 3.31. The molecule has 2 aromatic carbocycles. The first-order valence-corrected chi connectivity index (χ1v) is 12.1. The Kier molecular flexibility index (Phi) is 7.72. The van der Waals surface area contributed by atoms with Crippen molar-refractivity contribution < 1.29 is 34.0 Å². The Morgan fingerprint density at radius 1 is 1.03 bits per heavy atom. The van der Waals surface area contributed by atoms with E-state index < -0.39 is 17.7 Å². The molecule has 1 fully saturated rings. The van der Waals surface area contributed by atoms with Gasteiger partial charge in [0.25, 0.3) is 11.7 Å². The summed E-state index contributed by atoms with van der Waals surface area (Å²) in [6, 6.07) is 6.92. The van der Waals surface area contributed by atoms with Gasteiger partial charge < -0.3 is 33.9 Å². The molecule has 1 atom stereocenters. The second kappa shape index (κ2) is 11.0. The minimum absolute atomic E-state index is 0.0838. The molecular formula is C26H26BrN3O7. The van der Waals surface area contributed by atoms with Gasteiger partial charge in [0.05, 0.1) is 43.7 Å². The van der Waals surface area contributed by atoms with E-state index in [4.69, 9.17) is 14.2 Å². The molecule has 0 radical (unpaired) electrons. The van der Waals surface area contributed by atoms with Crippen molar-refractivity contribution >= 4 is 33.4 Å². The summed E-state index contributed by atoms with van der Waals surface area (Å²) in [6.45, 7) is 0.810. The maximum absolute atomic E-state index is 13.3. The van der Waals surface area contributed by atoms with E-state index in [9.17, 15) is 19.8 Å². The number of amides is 1. The van der Waals surface area contributed by atoms with Crippen LogP contribution in [0.15, 0.2) is 59.1 Å². The highest BCUT2D eigenvalue weighted by Gasteiger charge is 2.46. The smallest absolute Gasteiger partial charge is 0.295 e. The third-order valence-corrected chi connectivity index (χ3v) is 6.76. The zero-order valence-corrected chi connectivity index (χ0v) is 22.1. The van der Waals surface area contributed by atoms with Gasteiger partial charge in [0.1, 0.15) is 5.76 Å². The predicted octanol–water partition coefficient (Wildman–Crippen LogP) is 3.89. The minimum Gasteiger partial charge on any atom is -0.507 e. The average Bonchev–Trinajstić information content (AvgIpc) is 3.51. The van der Waals surface area contributed by atoms with E-state index in [1.165, 1.54) is 32.3 Å². The molecule has 1 saturated heterocycles. The van der Waals surface area contributed by atoms with Crippen LogP contribution in [-0.2, 0) is 16.1 Å². The third-order valence-electron chi connectivity index (χ3n) is 6.16. The summed E-state index contributed by atoms with van der Waals surface area (Å²) in [4.78, 5) is 32.0. The SMILES string of the molecule is COc1ccc(/C(O)=C2\C(=O)C(=O)N(CCCn3ccnc3)C2c2cc(Br)c(O)c(OC)c2)cc1OC. The fourth-order valence-electron chi connectivity index (χ4n) is 4.35. The number of ether oxygens (including phenoxy) is 3. The van der Waals surface area contributed by atoms with Crippen molar-refractivity contribution in [3.8, 4) is 23.0 Å². The van der Waals surface area contributed by atoms with Crippen molar-refractivity contribution in [2.24, 2.45) is 0 Å². The number of aliphatic hydroxyl groups is 1. The van der Waals surface area contributed by atoms with Crippen molar-refractivity contribution in [1.82, 2.24) is 14.5 Å². The molecule has 0 saturated carbocycles. The molecule has 0 aliphatic carbocycles. The van der Waals surface area contributed by atoms with E-state index in [0.717, 1.165) is 0 Å². The molecule has 1 unspecified atom stereocenters. The maximum Gasteiger partial charge on any atom is 0.295 e. The number of Topliss-reactive ketones (excluding diaryl/α,β-unsaturated/α-hetero) is 1. The lowest BCUT2D eigenvalue weighted by Crippen LogP contribution is -2.31. The van der Waals surface area contributed by atoms with Gasteiger partial charge in [0.15, 0.2) is 23.0 Å². The highest BCUT2D eigenvalue weighted by atomic mass is 79.9. The predicted molar refractivity (Wildman–Crippen MR) is 138 cm³/mol. The number of hydrogen-bond donors (Lipinski definition) is 2. The molecule has 1 aliphatic heterocycles. The number of ketones is 1. The number of aromatic hydroxyl groups is 1. The van der Waals surface area contributed by atoms with E-state index in [-0.39, 0.29) is 34.9 Å². The van der Waals surface area contributed by atoms with Gasteiger partial charge in [-0.25, -0.2) is 4.98 Å². The maximum atomic E-state index is 13.3. The molecule has 1 aliphatic rings. The van der Waals surface area contributed by atoms with E-state index >= 15 is 0 Å². The number of likely N-dealkylation sites (tertiary alicyclic amines) is 1. The van der Waals surface area contributed by atoms with Crippen LogP contribution >= 0.6 is 15.9 Å². The summed E-state index contributed by atoms with van der Waals surface area (Å²) in [5, 5.41) is 21.7. The van der Waals surface area contributed by atoms with E-state index in [1.807, 2.05) is 10.8 Å². The number of nitrogens with zero attached hydrogens (tertiary/aromatic N) is 3. The van der Waals surface area contributed by atoms with Crippen LogP contribution in [0.5, 0.6) is 23.0 Å². The molecule has 10 nitrogen and oxygen atoms in total. The van der Waals surface area contributed by atoms with Crippen LogP contribution < -0.4 is 14.2 Å². The average molecular weight is 572 g/mol. The van der Waals surface area contributed by atoms with E-state index in [1.54, 1.807) is 36.8 Å². The molecule has 11 heteroatoms. The Morgan fingerprint density at radius 2 is 1.76 bits per heavy atom. The number of carbonyl (C=O) groups is 2. The number of aryl methyl sites for hydroxylation is 1. The molecule has 194 valence electrons. The lowest BCUT2D eigenvalue weighted by Gasteiger charge is -2.26. The van der Waals surface area contributed by atoms with Crippen LogP contribution in [0.4, 0.5) is 0 Å². The molecule has 1 aromatic heterocycles. The summed E-state index contributed by atoms with van der Waals surface area (Å²) in [5.41, 5.74) is 0.675. The number of methoxy groups -OCH3 is 3. The zero-order chi connectivity index (χ0) is 26.7. The Hall–Kier alpha value is -3.99. The van der Waals surface area contributed by atoms with Crippen LogP contribution in [0.1, 0.15) is 23.6 Å². The van der Waals surface area contributed by atoms with Crippen LogP contribution in [0.2, 0.25) is 0 Å². The quantitative estimate of drug-likeness (QED) is 0.225. The molecule has 2 heterocycles. The number of aromatic nitrogens is 2. The summed E-state index contributed by atoms with van der Waals surface area (Å²) < 4.78 is 18.1. The molecule has 0 spiro atoms. The number of rotatable bonds is 9. The zero-order valence-electron chi connectivity index (χ0n) is 20.5. The van der Waals surface area contributed by atoms with Crippen molar-refractivity contribution in [2.45, 2.75) is 19.0 Å². The number of hydrogen-bond acceptors (Lipinski definition) is 8. The van der Waals surface area contributed by atoms with Gasteiger partial charge in [0.2, 0.25) is 0 Å². The molecule has 0 bridgehead atoms. The van der Waals surface area contributed by atoms with Gasteiger partial charge in [-0.15, -0.1) is 0 Å². The Balaban J connectivity index is 1.83. The van der Waals surface area contributed by atoms with E-state index in [0.29, 0.717) is 34.5 Å². The van der Waals surface area contributed by atoms with Crippen LogP contribution in [-0.4, -0.2) is 64.2 Å². The normalized spacial score (nSPS) is 16.8. The Labute approximate surface area is 221 Å². The van der Waals surface area contributed by atoms with Gasteiger partial charge >= 0.3 is 0 Å². The van der Waals surface area contributed by atoms with Gasteiger partial charge in [-0.2, -0.15) is 0 Å². The van der Waals surface area contributed by atoms with Gasteiger partial charge in [-0.05, 0) is 58.2 Å². The van der Waals surface area contributed by atoms with Gasteiger partial charge in [-0.1, -0.05) is 0 Å². The third kappa shape index (κ3) is 4.99. The number of phenols is 1. The summed E-state index contributed by atoms with van der Waals surface area (Å²) in [6.07, 6.45) is 5.68. The van der Waals surface area contributed by atoms with Crippen molar-refractivity contribution in [3.05, 3.63) is 70.2 Å². The second-order valence-corrected chi connectivity index (χ2v) is 9.12. The largest absolute Gasteiger partial charge is 0.507 e. The lowest BCUT2D eigenvalue weighted by molar-refractivity contribution is -0.139. The van der Waals surface area contributed by atoms with Gasteiger partial charge in [0, 0.05) is 31.0 Å². The summed E-state index contributed by atoms with van der Waals surface area (Å²) in [5.74, 6) is -1.08. The number of halogens is 1. The van der Waals surface area contributed by atoms with Crippen molar-refractivity contribution in [1.29, 1.82) is 0 Å². The summed E-state index contributed by atoms with van der Waals surface area (Å²) in [7, 11) is 4.35. The number of phenolic OH excluding ortho intramolecular Hbond substituents is 1. The minimum atomic E-state index is -0.929. The molecule has 2 N–H and O–H groups in total. The molecule has 3 aromatic rings. The first-order valence-electron chi connectivity index (χ1n) is 11.3. The van der Waals surface area contributed by atoms with Gasteiger partial charge in [-0.3, -0.25) is 9.59 Å². The fraction of sp³-hybridized carbons (Fsp3) is 0.269.